The van der Waals surface area contributed by atoms with Crippen molar-refractivity contribution in [2.24, 2.45) is 5.73 Å². The Hall–Kier alpha value is -0.640. The van der Waals surface area contributed by atoms with Gasteiger partial charge < -0.3 is 5.73 Å². The van der Waals surface area contributed by atoms with Gasteiger partial charge in [0, 0.05) is 21.5 Å². The van der Waals surface area contributed by atoms with E-state index in [4.69, 9.17) is 5.73 Å². The molecule has 1 nitrogen and oxygen atoms in total. The van der Waals surface area contributed by atoms with Crippen LogP contribution < -0.4 is 5.73 Å². The van der Waals surface area contributed by atoms with E-state index in [0.717, 1.165) is 12.8 Å². The van der Waals surface area contributed by atoms with Gasteiger partial charge in [0.25, 0.3) is 0 Å². The van der Waals surface area contributed by atoms with E-state index in [0.29, 0.717) is 0 Å². The Morgan fingerprint density at radius 1 is 1.25 bits per heavy atom. The highest BCUT2D eigenvalue weighted by atomic mass is 79.9. The molecule has 2 N–H and O–H groups in total. The van der Waals surface area contributed by atoms with Gasteiger partial charge in [-0.1, -0.05) is 18.2 Å². The predicted molar refractivity (Wildman–Crippen MR) is 72.7 cm³/mol. The van der Waals surface area contributed by atoms with Gasteiger partial charge in [-0.2, -0.15) is 11.3 Å². The van der Waals surface area contributed by atoms with E-state index < -0.39 is 0 Å². The van der Waals surface area contributed by atoms with E-state index in [9.17, 15) is 0 Å². The van der Waals surface area contributed by atoms with Crippen molar-refractivity contribution in [1.82, 2.24) is 0 Å². The van der Waals surface area contributed by atoms with Gasteiger partial charge >= 0.3 is 0 Å². The standard InChI is InChI=1S/C13H12BrNS/c14-12-7-16-6-11(12)8-2-1-3-10-9(8)4-5-13(10)15/h1-3,6-7,13H,4-5,15H2. The van der Waals surface area contributed by atoms with Crippen LogP contribution in [0.1, 0.15) is 23.6 Å². The van der Waals surface area contributed by atoms with Crippen LogP contribution in [-0.4, -0.2) is 0 Å². The lowest BCUT2D eigenvalue weighted by atomic mass is 9.98. The van der Waals surface area contributed by atoms with Gasteiger partial charge in [-0.25, -0.2) is 0 Å². The molecule has 0 amide bonds. The van der Waals surface area contributed by atoms with E-state index in [-0.39, 0.29) is 6.04 Å². The number of nitrogens with two attached hydrogens (primary N) is 1. The normalized spacial score (nSPS) is 18.8. The first kappa shape index (κ1) is 10.5. The molecular formula is C13H12BrNS. The first-order chi connectivity index (χ1) is 7.77. The van der Waals surface area contributed by atoms with E-state index in [2.05, 4.69) is 44.9 Å². The van der Waals surface area contributed by atoms with E-state index in [1.54, 1.807) is 11.3 Å². The van der Waals surface area contributed by atoms with Crippen molar-refractivity contribution in [1.29, 1.82) is 0 Å². The van der Waals surface area contributed by atoms with Crippen LogP contribution in [0.5, 0.6) is 0 Å². The van der Waals surface area contributed by atoms with Crippen LogP contribution >= 0.6 is 27.3 Å². The van der Waals surface area contributed by atoms with Crippen molar-refractivity contribution in [2.75, 3.05) is 0 Å². The minimum Gasteiger partial charge on any atom is -0.324 e. The van der Waals surface area contributed by atoms with Crippen LogP contribution in [-0.2, 0) is 6.42 Å². The van der Waals surface area contributed by atoms with Crippen molar-refractivity contribution in [3.63, 3.8) is 0 Å². The molecule has 2 aromatic rings. The van der Waals surface area contributed by atoms with Crippen LogP contribution in [0.4, 0.5) is 0 Å². The minimum atomic E-state index is 0.229. The quantitative estimate of drug-likeness (QED) is 0.841. The molecular weight excluding hydrogens is 282 g/mol. The Labute approximate surface area is 107 Å². The average molecular weight is 294 g/mol. The Bertz CT molecular complexity index is 532. The average Bonchev–Trinajstić information content (AvgIpc) is 2.86. The van der Waals surface area contributed by atoms with E-state index in [1.807, 2.05) is 0 Å². The molecule has 0 radical (unpaired) electrons. The topological polar surface area (TPSA) is 26.0 Å². The summed E-state index contributed by atoms with van der Waals surface area (Å²) >= 11 is 5.33. The van der Waals surface area contributed by atoms with Crippen molar-refractivity contribution in [3.8, 4) is 11.1 Å². The fourth-order valence-corrected chi connectivity index (χ4v) is 3.92. The zero-order valence-electron chi connectivity index (χ0n) is 8.74. The van der Waals surface area contributed by atoms with Crippen LogP contribution in [0.2, 0.25) is 0 Å². The number of halogens is 1. The fourth-order valence-electron chi connectivity index (χ4n) is 2.41. The number of hydrogen-bond acceptors (Lipinski definition) is 2. The molecule has 1 atom stereocenters. The van der Waals surface area contributed by atoms with Crippen molar-refractivity contribution < 1.29 is 0 Å². The Kier molecular flexibility index (Phi) is 2.62. The molecule has 0 saturated heterocycles. The third-order valence-electron chi connectivity index (χ3n) is 3.22. The summed E-state index contributed by atoms with van der Waals surface area (Å²) in [4.78, 5) is 0. The highest BCUT2D eigenvalue weighted by Crippen LogP contribution is 2.40. The summed E-state index contributed by atoms with van der Waals surface area (Å²) in [6, 6.07) is 6.71. The molecule has 82 valence electrons. The van der Waals surface area contributed by atoms with Gasteiger partial charge in [0.05, 0.1) is 0 Å². The highest BCUT2D eigenvalue weighted by Gasteiger charge is 2.22. The highest BCUT2D eigenvalue weighted by molar-refractivity contribution is 9.10. The molecule has 0 aliphatic heterocycles. The summed E-state index contributed by atoms with van der Waals surface area (Å²) < 4.78 is 1.19. The third kappa shape index (κ3) is 1.54. The third-order valence-corrected chi connectivity index (χ3v) is 4.92. The van der Waals surface area contributed by atoms with Crippen molar-refractivity contribution >= 4 is 27.3 Å². The molecule has 0 spiro atoms. The second kappa shape index (κ2) is 3.99. The number of hydrogen-bond donors (Lipinski definition) is 1. The molecule has 1 aliphatic rings. The van der Waals surface area contributed by atoms with Gasteiger partial charge in [0.2, 0.25) is 0 Å². The van der Waals surface area contributed by atoms with Crippen LogP contribution in [0.3, 0.4) is 0 Å². The number of rotatable bonds is 1. The van der Waals surface area contributed by atoms with Gasteiger partial charge in [-0.15, -0.1) is 0 Å². The minimum absolute atomic E-state index is 0.229. The van der Waals surface area contributed by atoms with Crippen LogP contribution in [0.25, 0.3) is 11.1 Å². The molecule has 0 bridgehead atoms. The molecule has 1 aliphatic carbocycles. The summed E-state index contributed by atoms with van der Waals surface area (Å²) in [5.41, 5.74) is 11.5. The number of thiophene rings is 1. The largest absolute Gasteiger partial charge is 0.324 e. The monoisotopic (exact) mass is 293 g/mol. The lowest BCUT2D eigenvalue weighted by Gasteiger charge is -2.09. The lowest BCUT2D eigenvalue weighted by molar-refractivity contribution is 0.713. The predicted octanol–water partition coefficient (Wildman–Crippen LogP) is 4.12. The maximum absolute atomic E-state index is 6.10. The summed E-state index contributed by atoms with van der Waals surface area (Å²) in [7, 11) is 0. The van der Waals surface area contributed by atoms with E-state index in [1.165, 1.54) is 26.7 Å². The Morgan fingerprint density at radius 2 is 2.12 bits per heavy atom. The Balaban J connectivity index is 2.20. The fraction of sp³-hybridized carbons (Fsp3) is 0.231. The van der Waals surface area contributed by atoms with Gasteiger partial charge in [-0.05, 0) is 50.8 Å². The molecule has 0 saturated carbocycles. The molecule has 3 rings (SSSR count). The maximum Gasteiger partial charge on any atom is 0.0360 e. The maximum atomic E-state index is 6.10. The summed E-state index contributed by atoms with van der Waals surface area (Å²) in [5.74, 6) is 0. The summed E-state index contributed by atoms with van der Waals surface area (Å²) in [5, 5.41) is 4.33. The zero-order chi connectivity index (χ0) is 11.1. The van der Waals surface area contributed by atoms with Crippen LogP contribution in [0.15, 0.2) is 33.4 Å². The van der Waals surface area contributed by atoms with E-state index >= 15 is 0 Å². The second-order valence-electron chi connectivity index (χ2n) is 4.15. The van der Waals surface area contributed by atoms with Crippen molar-refractivity contribution in [3.05, 3.63) is 44.6 Å². The molecule has 1 aromatic carbocycles. The number of fused-ring (bicyclic) bond motifs is 1. The molecule has 1 unspecified atom stereocenters. The Morgan fingerprint density at radius 3 is 2.88 bits per heavy atom. The van der Waals surface area contributed by atoms with Crippen LogP contribution in [0, 0.1) is 0 Å². The van der Waals surface area contributed by atoms with Gasteiger partial charge in [0.15, 0.2) is 0 Å². The second-order valence-corrected chi connectivity index (χ2v) is 5.75. The molecule has 16 heavy (non-hydrogen) atoms. The molecule has 1 heterocycles. The zero-order valence-corrected chi connectivity index (χ0v) is 11.1. The first-order valence-electron chi connectivity index (χ1n) is 5.37. The number of benzene rings is 1. The smallest absolute Gasteiger partial charge is 0.0360 e. The van der Waals surface area contributed by atoms with Crippen molar-refractivity contribution in [2.45, 2.75) is 18.9 Å². The van der Waals surface area contributed by atoms with Gasteiger partial charge in [0.1, 0.15) is 0 Å². The molecule has 3 heteroatoms. The molecule has 1 aromatic heterocycles. The van der Waals surface area contributed by atoms with Gasteiger partial charge in [-0.3, -0.25) is 0 Å². The SMILES string of the molecule is NC1CCc2c(-c3cscc3Br)cccc21. The summed E-state index contributed by atoms with van der Waals surface area (Å²) in [6.45, 7) is 0. The lowest BCUT2D eigenvalue weighted by Crippen LogP contribution is -2.04. The summed E-state index contributed by atoms with van der Waals surface area (Å²) in [6.07, 6.45) is 2.18. The first-order valence-corrected chi connectivity index (χ1v) is 7.10. The molecule has 0 fully saturated rings.